The van der Waals surface area contributed by atoms with E-state index >= 15 is 0 Å². The lowest BCUT2D eigenvalue weighted by Crippen LogP contribution is -2.30. The van der Waals surface area contributed by atoms with Crippen LogP contribution in [-0.2, 0) is 10.0 Å². The van der Waals surface area contributed by atoms with Gasteiger partial charge in [0, 0.05) is 13.2 Å². The normalized spacial score (nSPS) is 13.1. The summed E-state index contributed by atoms with van der Waals surface area (Å²) in [5.41, 5.74) is -0.151. The fourth-order valence-corrected chi connectivity index (χ4v) is 3.42. The van der Waals surface area contributed by atoms with Gasteiger partial charge in [-0.05, 0) is 30.5 Å². The third-order valence-corrected chi connectivity index (χ3v) is 5.05. The summed E-state index contributed by atoms with van der Waals surface area (Å²) < 4.78 is 26.8. The molecular formula is C13H18ClNO5S. The van der Waals surface area contributed by atoms with E-state index < -0.39 is 16.0 Å². The Labute approximate surface area is 128 Å². The summed E-state index contributed by atoms with van der Waals surface area (Å²) in [5.74, 6) is -1.22. The molecule has 1 unspecified atom stereocenters. The number of sulfonamides is 1. The highest BCUT2D eigenvalue weighted by atomic mass is 35.5. The van der Waals surface area contributed by atoms with Gasteiger partial charge in [0.05, 0.1) is 10.6 Å². The molecule has 0 saturated heterocycles. The number of nitrogens with one attached hydrogen (secondary N) is 1. The number of carboxylic acids is 1. The van der Waals surface area contributed by atoms with Crippen LogP contribution in [0.3, 0.4) is 0 Å². The number of benzene rings is 1. The van der Waals surface area contributed by atoms with Crippen molar-refractivity contribution in [2.45, 2.75) is 24.7 Å². The topological polar surface area (TPSA) is 104 Å². The Morgan fingerprint density at radius 1 is 1.43 bits per heavy atom. The summed E-state index contributed by atoms with van der Waals surface area (Å²) in [6, 6.07) is 3.51. The molecule has 1 rings (SSSR count). The molecule has 0 radical (unpaired) electrons. The van der Waals surface area contributed by atoms with Gasteiger partial charge < -0.3 is 10.2 Å². The van der Waals surface area contributed by atoms with Crippen LogP contribution >= 0.6 is 11.6 Å². The summed E-state index contributed by atoms with van der Waals surface area (Å²) in [7, 11) is -3.90. The Hall–Kier alpha value is -1.15. The van der Waals surface area contributed by atoms with Crippen LogP contribution in [0.5, 0.6) is 0 Å². The quantitative estimate of drug-likeness (QED) is 0.671. The first-order chi connectivity index (χ1) is 9.81. The van der Waals surface area contributed by atoms with Crippen molar-refractivity contribution in [2.75, 3.05) is 13.2 Å². The summed E-state index contributed by atoms with van der Waals surface area (Å²) in [6.45, 7) is 2.04. The molecular weight excluding hydrogens is 318 g/mol. The average Bonchev–Trinajstić information content (AvgIpc) is 2.43. The Morgan fingerprint density at radius 3 is 2.62 bits per heavy atom. The molecule has 1 aromatic carbocycles. The molecule has 0 aliphatic carbocycles. The van der Waals surface area contributed by atoms with Gasteiger partial charge in [0.25, 0.3) is 0 Å². The van der Waals surface area contributed by atoms with Gasteiger partial charge in [-0.3, -0.25) is 0 Å². The Bertz CT molecular complexity index is 603. The van der Waals surface area contributed by atoms with Crippen LogP contribution in [0.15, 0.2) is 23.1 Å². The highest BCUT2D eigenvalue weighted by Crippen LogP contribution is 2.23. The molecule has 0 aliphatic heterocycles. The molecule has 0 amide bonds. The molecule has 0 aliphatic rings. The maximum Gasteiger partial charge on any atom is 0.335 e. The molecule has 0 bridgehead atoms. The molecule has 3 N–H and O–H groups in total. The lowest BCUT2D eigenvalue weighted by molar-refractivity contribution is 0.0696. The SMILES string of the molecule is CCC(CCO)CNS(=O)(=O)c1cc(C(=O)O)ccc1Cl. The van der Waals surface area contributed by atoms with Crippen molar-refractivity contribution < 1.29 is 23.4 Å². The third-order valence-electron chi connectivity index (χ3n) is 3.14. The molecule has 118 valence electrons. The van der Waals surface area contributed by atoms with Gasteiger partial charge in [0.1, 0.15) is 4.90 Å². The van der Waals surface area contributed by atoms with Crippen LogP contribution in [0.4, 0.5) is 0 Å². The van der Waals surface area contributed by atoms with E-state index in [4.69, 9.17) is 21.8 Å². The molecule has 1 atom stereocenters. The second-order valence-corrected chi connectivity index (χ2v) is 6.73. The molecule has 6 nitrogen and oxygen atoms in total. The van der Waals surface area contributed by atoms with Crippen molar-refractivity contribution in [1.29, 1.82) is 0 Å². The van der Waals surface area contributed by atoms with Crippen LogP contribution in [0.25, 0.3) is 0 Å². The number of carboxylic acid groups (broad SMARTS) is 1. The molecule has 0 spiro atoms. The smallest absolute Gasteiger partial charge is 0.335 e. The fourth-order valence-electron chi connectivity index (χ4n) is 1.78. The predicted molar refractivity (Wildman–Crippen MR) is 79.1 cm³/mol. The number of hydrogen-bond donors (Lipinski definition) is 3. The van der Waals surface area contributed by atoms with E-state index in [2.05, 4.69) is 4.72 Å². The van der Waals surface area contributed by atoms with Crippen molar-refractivity contribution in [3.05, 3.63) is 28.8 Å². The molecule has 0 saturated carbocycles. The Morgan fingerprint density at radius 2 is 2.10 bits per heavy atom. The number of aliphatic hydroxyl groups is 1. The maximum absolute atomic E-state index is 12.2. The molecule has 1 aromatic rings. The van der Waals surface area contributed by atoms with Crippen molar-refractivity contribution in [1.82, 2.24) is 4.72 Å². The first kappa shape index (κ1) is 17.9. The lowest BCUT2D eigenvalue weighted by Gasteiger charge is -2.15. The summed E-state index contributed by atoms with van der Waals surface area (Å²) in [4.78, 5) is 10.6. The zero-order chi connectivity index (χ0) is 16.0. The summed E-state index contributed by atoms with van der Waals surface area (Å²) >= 11 is 5.84. The van der Waals surface area contributed by atoms with Crippen molar-refractivity contribution in [2.24, 2.45) is 5.92 Å². The molecule has 0 fully saturated rings. The van der Waals surface area contributed by atoms with Crippen LogP contribution < -0.4 is 4.72 Å². The van der Waals surface area contributed by atoms with E-state index in [1.165, 1.54) is 12.1 Å². The van der Waals surface area contributed by atoms with Crippen LogP contribution in [-0.4, -0.2) is 37.8 Å². The van der Waals surface area contributed by atoms with E-state index in [1.807, 2.05) is 6.92 Å². The zero-order valence-corrected chi connectivity index (χ0v) is 13.1. The molecule has 0 heterocycles. The summed E-state index contributed by atoms with van der Waals surface area (Å²) in [5, 5.41) is 17.8. The Kier molecular flexibility index (Phi) is 6.60. The predicted octanol–water partition coefficient (Wildman–Crippen LogP) is 1.73. The zero-order valence-electron chi connectivity index (χ0n) is 11.5. The van der Waals surface area contributed by atoms with Crippen molar-refractivity contribution >= 4 is 27.6 Å². The maximum atomic E-state index is 12.2. The summed E-state index contributed by atoms with van der Waals surface area (Å²) in [6.07, 6.45) is 1.20. The van der Waals surface area contributed by atoms with Crippen LogP contribution in [0.1, 0.15) is 30.1 Å². The minimum Gasteiger partial charge on any atom is -0.478 e. The van der Waals surface area contributed by atoms with Gasteiger partial charge in [0.2, 0.25) is 10.0 Å². The van der Waals surface area contributed by atoms with E-state index in [0.717, 1.165) is 6.07 Å². The second kappa shape index (κ2) is 7.74. The van der Waals surface area contributed by atoms with E-state index in [-0.39, 0.29) is 34.6 Å². The van der Waals surface area contributed by atoms with E-state index in [1.54, 1.807) is 0 Å². The number of halogens is 1. The third kappa shape index (κ3) is 4.96. The number of carbonyl (C=O) groups is 1. The minimum atomic E-state index is -3.90. The fraction of sp³-hybridized carbons (Fsp3) is 0.462. The van der Waals surface area contributed by atoms with Gasteiger partial charge in [-0.2, -0.15) is 0 Å². The molecule has 0 aromatic heterocycles. The minimum absolute atomic E-state index is 0.00575. The van der Waals surface area contributed by atoms with E-state index in [0.29, 0.717) is 12.8 Å². The van der Waals surface area contributed by atoms with Crippen LogP contribution in [0.2, 0.25) is 5.02 Å². The second-order valence-electron chi connectivity index (χ2n) is 4.59. The highest BCUT2D eigenvalue weighted by molar-refractivity contribution is 7.89. The van der Waals surface area contributed by atoms with Gasteiger partial charge >= 0.3 is 5.97 Å². The standard InChI is InChI=1S/C13H18ClNO5S/c1-2-9(5-6-16)8-15-21(19,20)12-7-10(13(17)18)3-4-11(12)14/h3-4,7,9,15-16H,2,5-6,8H2,1H3,(H,17,18). The number of rotatable bonds is 8. The van der Waals surface area contributed by atoms with Crippen LogP contribution in [0, 0.1) is 5.92 Å². The van der Waals surface area contributed by atoms with Gasteiger partial charge in [-0.15, -0.1) is 0 Å². The van der Waals surface area contributed by atoms with Gasteiger partial charge in [-0.25, -0.2) is 17.9 Å². The number of aliphatic hydroxyl groups excluding tert-OH is 1. The lowest BCUT2D eigenvalue weighted by atomic mass is 10.0. The Balaban J connectivity index is 2.97. The highest BCUT2D eigenvalue weighted by Gasteiger charge is 2.21. The van der Waals surface area contributed by atoms with Crippen molar-refractivity contribution in [3.8, 4) is 0 Å². The van der Waals surface area contributed by atoms with Gasteiger partial charge in [-0.1, -0.05) is 24.9 Å². The largest absolute Gasteiger partial charge is 0.478 e. The number of hydrogen-bond acceptors (Lipinski definition) is 4. The monoisotopic (exact) mass is 335 g/mol. The molecule has 21 heavy (non-hydrogen) atoms. The number of aromatic carboxylic acids is 1. The van der Waals surface area contributed by atoms with E-state index in [9.17, 15) is 13.2 Å². The van der Waals surface area contributed by atoms with Gasteiger partial charge in [0.15, 0.2) is 0 Å². The molecule has 8 heteroatoms. The van der Waals surface area contributed by atoms with Crippen molar-refractivity contribution in [3.63, 3.8) is 0 Å². The first-order valence-electron chi connectivity index (χ1n) is 6.45. The first-order valence-corrected chi connectivity index (χ1v) is 8.31. The average molecular weight is 336 g/mol.